The van der Waals surface area contributed by atoms with Crippen molar-refractivity contribution in [2.45, 2.75) is 75.0 Å². The Balaban J connectivity index is 1.59. The van der Waals surface area contributed by atoms with Crippen LogP contribution in [0.4, 0.5) is 5.69 Å². The van der Waals surface area contributed by atoms with Crippen LogP contribution < -0.4 is 4.90 Å². The molecular weight excluding hydrogens is 584 g/mol. The zero-order valence-corrected chi connectivity index (χ0v) is 27.5. The first-order valence-electron chi connectivity index (χ1n) is 16.1. The number of esters is 1. The highest BCUT2D eigenvalue weighted by molar-refractivity contribution is 8.02. The SMILES string of the molecule is C=CCCCCOC(=O)[C@@H]1[C@@H]2CC(C)C3(S2)C(C(=O)N(CC=C)c2c(C)cccc2C)N([C@@H](CO)Cc2ccccc2)C(=O)[C@H]13. The highest BCUT2D eigenvalue weighted by Gasteiger charge is 2.77. The number of thioether (sulfide) groups is 1. The van der Waals surface area contributed by atoms with Gasteiger partial charge < -0.3 is 19.6 Å². The minimum absolute atomic E-state index is 0.00309. The molecule has 3 aliphatic heterocycles. The average molecular weight is 631 g/mol. The molecule has 2 amide bonds. The van der Waals surface area contributed by atoms with Gasteiger partial charge >= 0.3 is 5.97 Å². The number of rotatable bonds is 14. The van der Waals surface area contributed by atoms with Crippen molar-refractivity contribution < 1.29 is 24.2 Å². The van der Waals surface area contributed by atoms with Gasteiger partial charge in [0.2, 0.25) is 5.91 Å². The Morgan fingerprint density at radius 3 is 2.47 bits per heavy atom. The molecule has 0 aromatic heterocycles. The van der Waals surface area contributed by atoms with E-state index in [9.17, 15) is 14.7 Å². The number of carbonyl (C=O) groups excluding carboxylic acids is 3. The zero-order valence-electron chi connectivity index (χ0n) is 26.7. The number of unbranched alkanes of at least 4 members (excludes halogenated alkanes) is 2. The summed E-state index contributed by atoms with van der Waals surface area (Å²) in [4.78, 5) is 47.1. The van der Waals surface area contributed by atoms with Crippen molar-refractivity contribution in [2.75, 3.05) is 24.7 Å². The molecule has 3 fully saturated rings. The van der Waals surface area contributed by atoms with Gasteiger partial charge in [-0.3, -0.25) is 14.4 Å². The average Bonchev–Trinajstić information content (AvgIpc) is 3.63. The Morgan fingerprint density at radius 1 is 1.11 bits per heavy atom. The third-order valence-corrected chi connectivity index (χ3v) is 12.0. The maximum atomic E-state index is 15.2. The van der Waals surface area contributed by atoms with E-state index in [2.05, 4.69) is 20.1 Å². The molecule has 45 heavy (non-hydrogen) atoms. The fraction of sp³-hybridized carbons (Fsp3) is 0.486. The first-order valence-corrected chi connectivity index (χ1v) is 17.0. The van der Waals surface area contributed by atoms with Crippen molar-refractivity contribution in [1.82, 2.24) is 4.90 Å². The second-order valence-electron chi connectivity index (χ2n) is 12.8. The molecular formula is C37H46N2O5S. The number of aliphatic hydroxyl groups excluding tert-OH is 1. The monoisotopic (exact) mass is 630 g/mol. The van der Waals surface area contributed by atoms with Gasteiger partial charge in [0.25, 0.3) is 5.91 Å². The Labute approximate surface area is 271 Å². The summed E-state index contributed by atoms with van der Waals surface area (Å²) in [5, 5.41) is 10.7. The molecule has 5 rings (SSSR count). The van der Waals surface area contributed by atoms with Crippen LogP contribution in [-0.4, -0.2) is 69.6 Å². The van der Waals surface area contributed by atoms with Crippen molar-refractivity contribution >= 4 is 35.2 Å². The van der Waals surface area contributed by atoms with E-state index in [4.69, 9.17) is 4.74 Å². The van der Waals surface area contributed by atoms with E-state index in [1.54, 1.807) is 27.6 Å². The lowest BCUT2D eigenvalue weighted by Gasteiger charge is -2.42. The normalized spacial score (nSPS) is 27.2. The van der Waals surface area contributed by atoms with Gasteiger partial charge in [-0.05, 0) is 68.6 Å². The number of likely N-dealkylation sites (tertiary alicyclic amines) is 1. The van der Waals surface area contributed by atoms with E-state index >= 15 is 4.79 Å². The van der Waals surface area contributed by atoms with E-state index in [1.807, 2.05) is 68.5 Å². The van der Waals surface area contributed by atoms with Crippen LogP contribution in [0.25, 0.3) is 0 Å². The van der Waals surface area contributed by atoms with E-state index < -0.39 is 28.7 Å². The summed E-state index contributed by atoms with van der Waals surface area (Å²) < 4.78 is 4.97. The second kappa shape index (κ2) is 14.0. The first-order chi connectivity index (χ1) is 21.7. The maximum absolute atomic E-state index is 15.2. The summed E-state index contributed by atoms with van der Waals surface area (Å²) >= 11 is 1.63. The summed E-state index contributed by atoms with van der Waals surface area (Å²) in [6.07, 6.45) is 7.13. The molecule has 0 saturated carbocycles. The quantitative estimate of drug-likeness (QED) is 0.165. The van der Waals surface area contributed by atoms with Crippen LogP contribution >= 0.6 is 11.8 Å². The minimum Gasteiger partial charge on any atom is -0.465 e. The topological polar surface area (TPSA) is 87.2 Å². The second-order valence-corrected chi connectivity index (χ2v) is 14.3. The van der Waals surface area contributed by atoms with Gasteiger partial charge in [-0.1, -0.05) is 67.6 Å². The van der Waals surface area contributed by atoms with Gasteiger partial charge in [0.1, 0.15) is 6.04 Å². The third kappa shape index (κ3) is 5.87. The molecule has 8 heteroatoms. The van der Waals surface area contributed by atoms with Gasteiger partial charge in [0.05, 0.1) is 35.8 Å². The largest absolute Gasteiger partial charge is 0.465 e. The molecule has 3 saturated heterocycles. The third-order valence-electron chi connectivity index (χ3n) is 9.94. The number of aryl methyl sites for hydroxylation is 2. The molecule has 1 N–H and O–H groups in total. The number of para-hydroxylation sites is 1. The van der Waals surface area contributed by atoms with E-state index in [0.717, 1.165) is 48.1 Å². The van der Waals surface area contributed by atoms with Crippen LogP contribution in [0, 0.1) is 31.6 Å². The van der Waals surface area contributed by atoms with Crippen molar-refractivity contribution in [3.63, 3.8) is 0 Å². The lowest BCUT2D eigenvalue weighted by atomic mass is 9.66. The number of aliphatic hydroxyl groups is 1. The summed E-state index contributed by atoms with van der Waals surface area (Å²) in [7, 11) is 0. The number of amides is 2. The summed E-state index contributed by atoms with van der Waals surface area (Å²) in [6, 6.07) is 14.1. The van der Waals surface area contributed by atoms with Crippen LogP contribution in [0.1, 0.15) is 49.3 Å². The molecule has 3 unspecified atom stereocenters. The molecule has 2 aromatic carbocycles. The van der Waals surface area contributed by atoms with Gasteiger partial charge in [0.15, 0.2) is 0 Å². The zero-order chi connectivity index (χ0) is 32.3. The highest BCUT2D eigenvalue weighted by atomic mass is 32.2. The predicted octanol–water partition coefficient (Wildman–Crippen LogP) is 5.66. The number of anilines is 1. The lowest BCUT2D eigenvalue weighted by molar-refractivity contribution is -0.155. The fourth-order valence-electron chi connectivity index (χ4n) is 8.00. The number of nitrogens with zero attached hydrogens (tertiary/aromatic N) is 2. The number of allylic oxidation sites excluding steroid dienone is 1. The van der Waals surface area contributed by atoms with Crippen LogP contribution in [0.3, 0.4) is 0 Å². The number of hydrogen-bond donors (Lipinski definition) is 1. The highest BCUT2D eigenvalue weighted by Crippen LogP contribution is 2.69. The van der Waals surface area contributed by atoms with Crippen LogP contribution in [-0.2, 0) is 25.5 Å². The Kier molecular flexibility index (Phi) is 10.2. The standard InChI is InChI=1S/C37H46N2O5S/c1-6-8-9-13-20-44-36(43)30-29-21-26(5)37(45-29)31(30)34(41)39(28(23-40)22-27-17-11-10-12-18-27)33(37)35(42)38(19-7-2)32-24(3)15-14-16-25(32)4/h6-7,10-12,14-18,26,28-31,33,40H,1-2,8-9,13,19-23H2,3-5H3/t26?,28-,29+,30-,31+,33?,37?/m1/s1. The number of fused-ring (bicyclic) bond motifs is 1. The smallest absolute Gasteiger partial charge is 0.310 e. The molecule has 7 nitrogen and oxygen atoms in total. The van der Waals surface area contributed by atoms with Gasteiger partial charge in [-0.15, -0.1) is 24.9 Å². The molecule has 1 spiro atoms. The number of ether oxygens (including phenoxy) is 1. The molecule has 7 atom stereocenters. The maximum Gasteiger partial charge on any atom is 0.310 e. The van der Waals surface area contributed by atoms with E-state index in [-0.39, 0.29) is 42.1 Å². The number of carbonyl (C=O) groups is 3. The van der Waals surface area contributed by atoms with Crippen molar-refractivity contribution in [3.8, 4) is 0 Å². The van der Waals surface area contributed by atoms with Crippen molar-refractivity contribution in [2.24, 2.45) is 17.8 Å². The van der Waals surface area contributed by atoms with Gasteiger partial charge in [-0.25, -0.2) is 0 Å². The summed E-state index contributed by atoms with van der Waals surface area (Å²) in [5.41, 5.74) is 3.67. The molecule has 0 radical (unpaired) electrons. The summed E-state index contributed by atoms with van der Waals surface area (Å²) in [6.45, 7) is 14.0. The van der Waals surface area contributed by atoms with Gasteiger partial charge in [-0.2, -0.15) is 0 Å². The molecule has 0 aliphatic carbocycles. The molecule has 3 heterocycles. The lowest BCUT2D eigenvalue weighted by Crippen LogP contribution is -2.59. The minimum atomic E-state index is -0.870. The first kappa shape index (κ1) is 33.0. The molecule has 2 aromatic rings. The Hall–Kier alpha value is -3.36. The van der Waals surface area contributed by atoms with Crippen LogP contribution in [0.15, 0.2) is 73.8 Å². The number of benzene rings is 2. The molecule has 3 aliphatic rings. The van der Waals surface area contributed by atoms with E-state index in [1.165, 1.54) is 0 Å². The van der Waals surface area contributed by atoms with E-state index in [0.29, 0.717) is 13.0 Å². The number of hydrogen-bond acceptors (Lipinski definition) is 6. The van der Waals surface area contributed by atoms with Crippen molar-refractivity contribution in [1.29, 1.82) is 0 Å². The predicted molar refractivity (Wildman–Crippen MR) is 180 cm³/mol. The fourth-order valence-corrected chi connectivity index (χ4v) is 10.4. The van der Waals surface area contributed by atoms with Crippen LogP contribution in [0.5, 0.6) is 0 Å². The van der Waals surface area contributed by atoms with Crippen molar-refractivity contribution in [3.05, 3.63) is 90.5 Å². The Morgan fingerprint density at radius 2 is 1.82 bits per heavy atom. The van der Waals surface area contributed by atoms with Gasteiger partial charge in [0, 0.05) is 17.5 Å². The Bertz CT molecular complexity index is 1410. The molecule has 2 bridgehead atoms. The molecule has 240 valence electrons. The summed E-state index contributed by atoms with van der Waals surface area (Å²) in [5.74, 6) is -2.14. The van der Waals surface area contributed by atoms with Crippen LogP contribution in [0.2, 0.25) is 0 Å².